The van der Waals surface area contributed by atoms with Gasteiger partial charge in [-0.15, -0.1) is 0 Å². The number of halogens is 1. The Hall–Kier alpha value is -1.29. The minimum atomic E-state index is 0.496. The molecule has 2 N–H and O–H groups in total. The lowest BCUT2D eigenvalue weighted by molar-refractivity contribution is 0.318. The molecule has 0 saturated heterocycles. The lowest BCUT2D eigenvalue weighted by Crippen LogP contribution is -2.07. The first-order valence-corrected chi connectivity index (χ1v) is 8.53. The Kier molecular flexibility index (Phi) is 4.63. The summed E-state index contributed by atoms with van der Waals surface area (Å²) >= 11 is 3.46. The van der Waals surface area contributed by atoms with Crippen LogP contribution in [-0.2, 0) is 6.42 Å². The summed E-state index contributed by atoms with van der Waals surface area (Å²) in [5.74, 6) is 2.26. The normalized spacial score (nSPS) is 16.2. The van der Waals surface area contributed by atoms with Crippen LogP contribution in [0.2, 0.25) is 0 Å². The van der Waals surface area contributed by atoms with Crippen LogP contribution in [0.25, 0.3) is 11.1 Å². The van der Waals surface area contributed by atoms with Crippen LogP contribution in [0.15, 0.2) is 33.3 Å². The number of aromatic nitrogens is 1. The average molecular weight is 349 g/mol. The van der Waals surface area contributed by atoms with Gasteiger partial charge in [0.15, 0.2) is 5.82 Å². The summed E-state index contributed by atoms with van der Waals surface area (Å²) in [6, 6.07) is 8.15. The van der Waals surface area contributed by atoms with Gasteiger partial charge in [0.1, 0.15) is 5.76 Å². The highest BCUT2D eigenvalue weighted by Gasteiger charge is 2.19. The number of hydrogen-bond acceptors (Lipinski definition) is 3. The van der Waals surface area contributed by atoms with Gasteiger partial charge in [-0.05, 0) is 30.0 Å². The minimum absolute atomic E-state index is 0.496. The lowest BCUT2D eigenvalue weighted by Gasteiger charge is -2.20. The number of benzene rings is 1. The van der Waals surface area contributed by atoms with Crippen LogP contribution in [0, 0.1) is 5.92 Å². The smallest absolute Gasteiger partial charge is 0.175 e. The van der Waals surface area contributed by atoms with Crippen molar-refractivity contribution >= 4 is 21.7 Å². The van der Waals surface area contributed by atoms with Gasteiger partial charge in [0.2, 0.25) is 0 Å². The largest absolute Gasteiger partial charge is 0.380 e. The maximum atomic E-state index is 6.00. The van der Waals surface area contributed by atoms with Gasteiger partial charge >= 0.3 is 0 Å². The predicted molar refractivity (Wildman–Crippen MR) is 88.9 cm³/mol. The van der Waals surface area contributed by atoms with E-state index in [1.165, 1.54) is 38.5 Å². The average Bonchev–Trinajstić information content (AvgIpc) is 2.88. The molecular weight excluding hydrogens is 328 g/mol. The van der Waals surface area contributed by atoms with Crippen molar-refractivity contribution < 1.29 is 4.52 Å². The number of rotatable bonds is 4. The fourth-order valence-electron chi connectivity index (χ4n) is 3.25. The predicted octanol–water partition coefficient (Wildman–Crippen LogP) is 5.20. The van der Waals surface area contributed by atoms with Crippen LogP contribution in [0.1, 0.15) is 44.3 Å². The van der Waals surface area contributed by atoms with Crippen LogP contribution in [0.4, 0.5) is 5.82 Å². The van der Waals surface area contributed by atoms with E-state index in [9.17, 15) is 0 Å². The molecule has 1 aliphatic rings. The highest BCUT2D eigenvalue weighted by atomic mass is 79.9. The fraction of sp³-hybridized carbons (Fsp3) is 0.471. The molecule has 0 atom stereocenters. The highest BCUT2D eigenvalue weighted by Crippen LogP contribution is 2.33. The quantitative estimate of drug-likeness (QED) is 0.825. The molecule has 2 aromatic rings. The maximum absolute atomic E-state index is 6.00. The van der Waals surface area contributed by atoms with Gasteiger partial charge in [-0.2, -0.15) is 0 Å². The highest BCUT2D eigenvalue weighted by molar-refractivity contribution is 9.10. The second-order valence-corrected chi connectivity index (χ2v) is 6.83. The van der Waals surface area contributed by atoms with Crippen molar-refractivity contribution in [2.24, 2.45) is 5.92 Å². The molecule has 4 heteroatoms. The molecule has 0 aliphatic heterocycles. The monoisotopic (exact) mass is 348 g/mol. The molecule has 0 unspecified atom stereocenters. The Bertz CT molecular complexity index is 585. The SMILES string of the molecule is Nc1noc(CCC2CCCCC2)c1-c1ccc(Br)cc1. The molecule has 0 bridgehead atoms. The van der Waals surface area contributed by atoms with E-state index in [-0.39, 0.29) is 0 Å². The molecule has 1 saturated carbocycles. The van der Waals surface area contributed by atoms with Crippen LogP contribution in [-0.4, -0.2) is 5.16 Å². The number of aryl methyl sites for hydroxylation is 1. The molecule has 1 fully saturated rings. The summed E-state index contributed by atoms with van der Waals surface area (Å²) in [4.78, 5) is 0. The summed E-state index contributed by atoms with van der Waals surface area (Å²) in [6.07, 6.45) is 8.98. The third-order valence-corrected chi connectivity index (χ3v) is 4.96. The maximum Gasteiger partial charge on any atom is 0.175 e. The molecule has 1 aliphatic carbocycles. The first-order chi connectivity index (χ1) is 10.2. The summed E-state index contributed by atoms with van der Waals surface area (Å²) in [6.45, 7) is 0. The van der Waals surface area contributed by atoms with Gasteiger partial charge in [0.25, 0.3) is 0 Å². The second kappa shape index (κ2) is 6.65. The standard InChI is InChI=1S/C17H21BrN2O/c18-14-9-7-13(8-10-14)16-15(21-20-17(16)19)11-6-12-4-2-1-3-5-12/h7-10,12H,1-6,11H2,(H2,19,20). The third-order valence-electron chi connectivity index (χ3n) is 4.43. The Morgan fingerprint density at radius 3 is 2.57 bits per heavy atom. The molecule has 1 aromatic carbocycles. The van der Waals surface area contributed by atoms with Gasteiger partial charge in [-0.3, -0.25) is 0 Å². The first-order valence-electron chi connectivity index (χ1n) is 7.74. The molecule has 3 rings (SSSR count). The van der Waals surface area contributed by atoms with E-state index < -0.39 is 0 Å². The van der Waals surface area contributed by atoms with Gasteiger partial charge in [-0.25, -0.2) is 0 Å². The summed E-state index contributed by atoms with van der Waals surface area (Å²) in [5, 5.41) is 3.97. The topological polar surface area (TPSA) is 52.0 Å². The summed E-state index contributed by atoms with van der Waals surface area (Å²) in [7, 11) is 0. The molecule has 0 amide bonds. The third kappa shape index (κ3) is 3.49. The zero-order valence-electron chi connectivity index (χ0n) is 12.1. The second-order valence-electron chi connectivity index (χ2n) is 5.92. The molecule has 21 heavy (non-hydrogen) atoms. The Balaban J connectivity index is 1.75. The van der Waals surface area contributed by atoms with Crippen molar-refractivity contribution in [1.29, 1.82) is 0 Å². The molecule has 112 valence electrons. The molecule has 1 heterocycles. The van der Waals surface area contributed by atoms with Crippen LogP contribution in [0.5, 0.6) is 0 Å². The van der Waals surface area contributed by atoms with Crippen molar-refractivity contribution in [3.05, 3.63) is 34.5 Å². The van der Waals surface area contributed by atoms with Crippen molar-refractivity contribution in [1.82, 2.24) is 5.16 Å². The van der Waals surface area contributed by atoms with Crippen LogP contribution in [0.3, 0.4) is 0 Å². The van der Waals surface area contributed by atoms with E-state index in [0.29, 0.717) is 5.82 Å². The van der Waals surface area contributed by atoms with E-state index in [2.05, 4.69) is 33.2 Å². The fourth-order valence-corrected chi connectivity index (χ4v) is 3.51. The number of anilines is 1. The van der Waals surface area contributed by atoms with Crippen molar-refractivity contribution in [3.63, 3.8) is 0 Å². The summed E-state index contributed by atoms with van der Waals surface area (Å²) < 4.78 is 6.54. The summed E-state index contributed by atoms with van der Waals surface area (Å²) in [5.41, 5.74) is 8.05. The molecule has 1 aromatic heterocycles. The van der Waals surface area contributed by atoms with Crippen LogP contribution < -0.4 is 5.73 Å². The Morgan fingerprint density at radius 1 is 1.14 bits per heavy atom. The molecule has 0 radical (unpaired) electrons. The molecule has 3 nitrogen and oxygen atoms in total. The number of nitrogens with two attached hydrogens (primary N) is 1. The van der Waals surface area contributed by atoms with Crippen molar-refractivity contribution in [2.75, 3.05) is 5.73 Å². The first kappa shape index (κ1) is 14.6. The minimum Gasteiger partial charge on any atom is -0.380 e. The molecule has 0 spiro atoms. The molecular formula is C17H21BrN2O. The van der Waals surface area contributed by atoms with Gasteiger partial charge in [-0.1, -0.05) is 65.3 Å². The van der Waals surface area contributed by atoms with Gasteiger partial charge in [0, 0.05) is 10.9 Å². The van der Waals surface area contributed by atoms with Crippen LogP contribution >= 0.6 is 15.9 Å². The van der Waals surface area contributed by atoms with Crippen molar-refractivity contribution in [3.8, 4) is 11.1 Å². The number of nitrogens with zero attached hydrogens (tertiary/aromatic N) is 1. The number of hydrogen-bond donors (Lipinski definition) is 1. The Morgan fingerprint density at radius 2 is 1.86 bits per heavy atom. The van der Waals surface area contributed by atoms with E-state index in [0.717, 1.165) is 33.7 Å². The lowest BCUT2D eigenvalue weighted by atomic mass is 9.85. The number of nitrogen functional groups attached to an aromatic ring is 1. The van der Waals surface area contributed by atoms with Crippen molar-refractivity contribution in [2.45, 2.75) is 44.9 Å². The van der Waals surface area contributed by atoms with E-state index >= 15 is 0 Å². The Labute approximate surface area is 134 Å². The van der Waals surface area contributed by atoms with E-state index in [4.69, 9.17) is 10.3 Å². The zero-order chi connectivity index (χ0) is 14.7. The van der Waals surface area contributed by atoms with Gasteiger partial charge < -0.3 is 10.3 Å². The zero-order valence-corrected chi connectivity index (χ0v) is 13.7. The van der Waals surface area contributed by atoms with E-state index in [1.807, 2.05) is 12.1 Å². The van der Waals surface area contributed by atoms with E-state index in [1.54, 1.807) is 0 Å². The van der Waals surface area contributed by atoms with Gasteiger partial charge in [0.05, 0.1) is 5.56 Å².